The smallest absolute Gasteiger partial charge is 0.149 e. The molecule has 4 fully saturated rings. The average Bonchev–Trinajstić information content (AvgIpc) is 2.69. The van der Waals surface area contributed by atoms with E-state index in [2.05, 4.69) is 10.2 Å². The van der Waals surface area contributed by atoms with Crippen LogP contribution in [-0.2, 0) is 12.0 Å². The van der Waals surface area contributed by atoms with Crippen molar-refractivity contribution >= 4 is 5.82 Å². The Kier molecular flexibility index (Phi) is 2.11. The van der Waals surface area contributed by atoms with Crippen molar-refractivity contribution in [2.75, 3.05) is 5.73 Å². The van der Waals surface area contributed by atoms with Crippen LogP contribution >= 0.6 is 0 Å². The number of anilines is 1. The van der Waals surface area contributed by atoms with Gasteiger partial charge in [0.1, 0.15) is 5.82 Å². The zero-order valence-electron chi connectivity index (χ0n) is 10.8. The highest BCUT2D eigenvalue weighted by atomic mass is 15.2. The molecule has 4 bridgehead atoms. The maximum atomic E-state index is 6.14. The Morgan fingerprint density at radius 2 is 1.67 bits per heavy atom. The molecule has 5 N–H and O–H groups in total. The topological polar surface area (TPSA) is 80.7 Å². The molecule has 4 heteroatoms. The number of nitrogens with two attached hydrogens (primary N) is 2. The van der Waals surface area contributed by atoms with Crippen molar-refractivity contribution in [3.8, 4) is 0 Å². The zero-order valence-corrected chi connectivity index (χ0v) is 10.8. The van der Waals surface area contributed by atoms with Gasteiger partial charge < -0.3 is 11.5 Å². The van der Waals surface area contributed by atoms with E-state index in [0.717, 1.165) is 23.4 Å². The van der Waals surface area contributed by atoms with E-state index in [9.17, 15) is 0 Å². The number of aromatic nitrogens is 2. The molecule has 1 aromatic heterocycles. The van der Waals surface area contributed by atoms with Gasteiger partial charge in [0, 0.05) is 17.5 Å². The van der Waals surface area contributed by atoms with E-state index >= 15 is 0 Å². The molecule has 0 atom stereocenters. The molecule has 5 rings (SSSR count). The van der Waals surface area contributed by atoms with Crippen molar-refractivity contribution < 1.29 is 0 Å². The number of aromatic amines is 1. The summed E-state index contributed by atoms with van der Waals surface area (Å²) >= 11 is 0. The van der Waals surface area contributed by atoms with E-state index < -0.39 is 0 Å². The van der Waals surface area contributed by atoms with Crippen LogP contribution in [0.3, 0.4) is 0 Å². The minimum absolute atomic E-state index is 0.306. The zero-order chi connectivity index (χ0) is 12.3. The summed E-state index contributed by atoms with van der Waals surface area (Å²) in [5.74, 6) is 3.49. The second kappa shape index (κ2) is 3.50. The quantitative estimate of drug-likeness (QED) is 0.745. The maximum absolute atomic E-state index is 6.14. The third-order valence-corrected chi connectivity index (χ3v) is 5.64. The fourth-order valence-corrected chi connectivity index (χ4v) is 5.55. The van der Waals surface area contributed by atoms with E-state index in [-0.39, 0.29) is 0 Å². The predicted octanol–water partition coefficient (Wildman–Crippen LogP) is 1.92. The highest BCUT2D eigenvalue weighted by Crippen LogP contribution is 2.61. The van der Waals surface area contributed by atoms with Gasteiger partial charge in [0.15, 0.2) is 0 Å². The molecule has 0 radical (unpaired) electrons. The van der Waals surface area contributed by atoms with Gasteiger partial charge in [-0.2, -0.15) is 5.10 Å². The summed E-state index contributed by atoms with van der Waals surface area (Å²) in [5, 5.41) is 7.27. The summed E-state index contributed by atoms with van der Waals surface area (Å²) in [6.07, 6.45) is 8.31. The standard InChI is InChI=1S/C14H22N4/c15-7-11-12(13(16)18-17-11)14-4-8-1-9(5-14)3-10(2-8)6-14/h8-10H,1-7,15H2,(H3,16,17,18). The lowest BCUT2D eigenvalue weighted by atomic mass is 9.48. The first kappa shape index (κ1) is 10.9. The molecule has 0 amide bonds. The molecule has 0 aromatic carbocycles. The molecular weight excluding hydrogens is 224 g/mol. The minimum Gasteiger partial charge on any atom is -0.382 e. The Balaban J connectivity index is 1.81. The van der Waals surface area contributed by atoms with Crippen LogP contribution in [-0.4, -0.2) is 10.2 Å². The molecule has 0 unspecified atom stereocenters. The first-order valence-corrected chi connectivity index (χ1v) is 7.23. The largest absolute Gasteiger partial charge is 0.382 e. The number of nitrogens with one attached hydrogen (secondary N) is 1. The summed E-state index contributed by atoms with van der Waals surface area (Å²) < 4.78 is 0. The van der Waals surface area contributed by atoms with Crippen molar-refractivity contribution in [1.29, 1.82) is 0 Å². The van der Waals surface area contributed by atoms with Gasteiger partial charge in [-0.15, -0.1) is 0 Å². The molecule has 1 aromatic rings. The molecule has 1 heterocycles. The van der Waals surface area contributed by atoms with Gasteiger partial charge in [0.2, 0.25) is 0 Å². The summed E-state index contributed by atoms with van der Waals surface area (Å²) in [4.78, 5) is 0. The third-order valence-electron chi connectivity index (χ3n) is 5.64. The average molecular weight is 246 g/mol. The maximum Gasteiger partial charge on any atom is 0.149 e. The molecule has 4 aliphatic carbocycles. The number of hydrogen-bond donors (Lipinski definition) is 3. The monoisotopic (exact) mass is 246 g/mol. The number of H-pyrrole nitrogens is 1. The van der Waals surface area contributed by atoms with E-state index in [0.29, 0.717) is 17.8 Å². The third kappa shape index (κ3) is 1.32. The molecular formula is C14H22N4. The van der Waals surface area contributed by atoms with Crippen LogP contribution in [0, 0.1) is 17.8 Å². The Morgan fingerprint density at radius 1 is 1.11 bits per heavy atom. The number of hydrogen-bond acceptors (Lipinski definition) is 3. The molecule has 4 aliphatic rings. The molecule has 98 valence electrons. The molecule has 0 spiro atoms. The van der Waals surface area contributed by atoms with E-state index in [1.165, 1.54) is 44.1 Å². The summed E-state index contributed by atoms with van der Waals surface area (Å²) in [6.45, 7) is 0.529. The van der Waals surface area contributed by atoms with Crippen molar-refractivity contribution in [3.05, 3.63) is 11.3 Å². The fourth-order valence-electron chi connectivity index (χ4n) is 5.55. The normalized spacial score (nSPS) is 41.5. The minimum atomic E-state index is 0.306. The number of nitrogens with zero attached hydrogens (tertiary/aromatic N) is 1. The Morgan fingerprint density at radius 3 is 2.17 bits per heavy atom. The molecule has 0 saturated heterocycles. The Labute approximate surface area is 108 Å². The van der Waals surface area contributed by atoms with Crippen LogP contribution in [0.5, 0.6) is 0 Å². The second-order valence-corrected chi connectivity index (χ2v) is 6.86. The second-order valence-electron chi connectivity index (χ2n) is 6.86. The first-order valence-electron chi connectivity index (χ1n) is 7.23. The van der Waals surface area contributed by atoms with Crippen LogP contribution in [0.2, 0.25) is 0 Å². The van der Waals surface area contributed by atoms with E-state index in [1.54, 1.807) is 0 Å². The number of nitrogen functional groups attached to an aromatic ring is 1. The Hall–Kier alpha value is -1.03. The molecule has 4 saturated carbocycles. The van der Waals surface area contributed by atoms with Gasteiger partial charge in [0.05, 0.1) is 5.69 Å². The van der Waals surface area contributed by atoms with Gasteiger partial charge >= 0.3 is 0 Å². The SMILES string of the molecule is NCc1[nH]nc(N)c1C12CC3CC(CC(C3)C1)C2. The van der Waals surface area contributed by atoms with Gasteiger partial charge in [-0.3, -0.25) is 5.10 Å². The highest BCUT2D eigenvalue weighted by molar-refractivity contribution is 5.49. The van der Waals surface area contributed by atoms with Gasteiger partial charge in [-0.25, -0.2) is 0 Å². The molecule has 4 nitrogen and oxygen atoms in total. The predicted molar refractivity (Wildman–Crippen MR) is 70.7 cm³/mol. The lowest BCUT2D eigenvalue weighted by molar-refractivity contribution is -0.00520. The van der Waals surface area contributed by atoms with Crippen LogP contribution in [0.1, 0.15) is 49.8 Å². The van der Waals surface area contributed by atoms with E-state index in [1.807, 2.05) is 0 Å². The van der Waals surface area contributed by atoms with Crippen LogP contribution in [0.4, 0.5) is 5.82 Å². The van der Waals surface area contributed by atoms with E-state index in [4.69, 9.17) is 11.5 Å². The van der Waals surface area contributed by atoms with Gasteiger partial charge in [-0.05, 0) is 56.3 Å². The Bertz CT molecular complexity index is 441. The number of rotatable bonds is 2. The molecule has 18 heavy (non-hydrogen) atoms. The summed E-state index contributed by atoms with van der Waals surface area (Å²) in [6, 6.07) is 0. The van der Waals surface area contributed by atoms with Crippen LogP contribution < -0.4 is 11.5 Å². The van der Waals surface area contributed by atoms with Crippen molar-refractivity contribution in [3.63, 3.8) is 0 Å². The lowest BCUT2D eigenvalue weighted by Crippen LogP contribution is -2.49. The molecule has 0 aliphatic heterocycles. The van der Waals surface area contributed by atoms with Crippen molar-refractivity contribution in [2.24, 2.45) is 23.5 Å². The summed E-state index contributed by atoms with van der Waals surface area (Å²) in [7, 11) is 0. The van der Waals surface area contributed by atoms with Crippen molar-refractivity contribution in [1.82, 2.24) is 10.2 Å². The lowest BCUT2D eigenvalue weighted by Gasteiger charge is -2.57. The van der Waals surface area contributed by atoms with Crippen LogP contribution in [0.25, 0.3) is 0 Å². The highest BCUT2D eigenvalue weighted by Gasteiger charge is 2.53. The summed E-state index contributed by atoms with van der Waals surface area (Å²) in [5.41, 5.74) is 14.7. The fraction of sp³-hybridized carbons (Fsp3) is 0.786. The van der Waals surface area contributed by atoms with Gasteiger partial charge in [-0.1, -0.05) is 0 Å². The van der Waals surface area contributed by atoms with Crippen molar-refractivity contribution in [2.45, 2.75) is 50.5 Å². The first-order chi connectivity index (χ1) is 8.70. The van der Waals surface area contributed by atoms with Crippen LogP contribution in [0.15, 0.2) is 0 Å². The van der Waals surface area contributed by atoms with Gasteiger partial charge in [0.25, 0.3) is 0 Å².